The van der Waals surface area contributed by atoms with Gasteiger partial charge in [0.1, 0.15) is 36.2 Å². The van der Waals surface area contributed by atoms with E-state index in [1.807, 2.05) is 12.1 Å². The van der Waals surface area contributed by atoms with Gasteiger partial charge in [-0.2, -0.15) is 10.2 Å². The van der Waals surface area contributed by atoms with Crippen molar-refractivity contribution < 1.29 is 30.6 Å². The second kappa shape index (κ2) is 12.0. The largest absolute Gasteiger partial charge is 0.394 e. The van der Waals surface area contributed by atoms with Crippen molar-refractivity contribution in [3.05, 3.63) is 60.7 Å². The van der Waals surface area contributed by atoms with Crippen LogP contribution in [0.1, 0.15) is 0 Å². The van der Waals surface area contributed by atoms with Crippen LogP contribution in [0, 0.1) is 0 Å². The molecule has 5 atom stereocenters. The van der Waals surface area contributed by atoms with Crippen LogP contribution >= 0.6 is 0 Å². The first kappa shape index (κ1) is 23.4. The summed E-state index contributed by atoms with van der Waals surface area (Å²) in [6, 6.07) is 17.7. The minimum Gasteiger partial charge on any atom is -0.394 e. The normalized spacial score (nSPS) is 17.2. The summed E-state index contributed by atoms with van der Waals surface area (Å²) in [5, 5.41) is 66.9. The van der Waals surface area contributed by atoms with Gasteiger partial charge in [0.05, 0.1) is 24.2 Å². The Balaban J connectivity index is 2.18. The molecule has 0 amide bonds. The van der Waals surface area contributed by atoms with Crippen LogP contribution in [0.3, 0.4) is 0 Å². The van der Waals surface area contributed by atoms with Crippen LogP contribution < -0.4 is 10.9 Å². The molecule has 10 nitrogen and oxygen atoms in total. The lowest BCUT2D eigenvalue weighted by Gasteiger charge is -2.28. The molecular formula is C20H26N4O6. The molecule has 0 fully saturated rings. The standard InChI is InChI=1S/C20H26N4O6/c25-12-16(26)18(28)20(30)19(29)17(27)15(24-23-14-9-5-2-6-10-14)11-21-22-13-7-3-1-4-8-13/h1-11,16-20,22-23,25-30H,12H2/b21-11-,24-15+/t16-,17+,18-,19+,20-/m0/s1. The van der Waals surface area contributed by atoms with E-state index in [9.17, 15) is 25.5 Å². The molecule has 0 unspecified atom stereocenters. The molecule has 0 aromatic heterocycles. The third-order valence-electron chi connectivity index (χ3n) is 4.16. The highest BCUT2D eigenvalue weighted by atomic mass is 16.4. The molecule has 0 aliphatic heterocycles. The van der Waals surface area contributed by atoms with Crippen LogP contribution in [0.4, 0.5) is 11.4 Å². The third kappa shape index (κ3) is 6.88. The number of para-hydroxylation sites is 2. The predicted octanol–water partition coefficient (Wildman–Crippen LogP) is -0.651. The summed E-state index contributed by atoms with van der Waals surface area (Å²) in [5.41, 5.74) is 6.52. The van der Waals surface area contributed by atoms with Gasteiger partial charge in [-0.15, -0.1) is 0 Å². The zero-order valence-electron chi connectivity index (χ0n) is 16.0. The molecule has 2 aromatic rings. The Morgan fingerprint density at radius 2 is 1.30 bits per heavy atom. The lowest BCUT2D eigenvalue weighted by molar-refractivity contribution is -0.130. The van der Waals surface area contributed by atoms with E-state index in [1.54, 1.807) is 48.5 Å². The summed E-state index contributed by atoms with van der Waals surface area (Å²) < 4.78 is 0. The average Bonchev–Trinajstić information content (AvgIpc) is 2.80. The lowest BCUT2D eigenvalue weighted by atomic mass is 9.97. The Labute approximate surface area is 173 Å². The van der Waals surface area contributed by atoms with Gasteiger partial charge in [-0.25, -0.2) is 0 Å². The van der Waals surface area contributed by atoms with Crippen LogP contribution in [0.15, 0.2) is 70.9 Å². The van der Waals surface area contributed by atoms with Crippen molar-refractivity contribution in [2.45, 2.75) is 30.5 Å². The van der Waals surface area contributed by atoms with E-state index in [4.69, 9.17) is 5.11 Å². The molecule has 0 heterocycles. The monoisotopic (exact) mass is 418 g/mol. The van der Waals surface area contributed by atoms with Crippen molar-refractivity contribution in [2.75, 3.05) is 17.5 Å². The quantitative estimate of drug-likeness (QED) is 0.176. The number of hydrazone groups is 2. The number of aliphatic hydroxyl groups excluding tert-OH is 6. The maximum absolute atomic E-state index is 10.5. The second-order valence-corrected chi connectivity index (χ2v) is 6.42. The fraction of sp³-hybridized carbons (Fsp3) is 0.300. The highest BCUT2D eigenvalue weighted by Gasteiger charge is 2.35. The van der Waals surface area contributed by atoms with Gasteiger partial charge < -0.3 is 30.6 Å². The lowest BCUT2D eigenvalue weighted by Crippen LogP contribution is -2.52. The predicted molar refractivity (Wildman–Crippen MR) is 113 cm³/mol. The molecule has 0 radical (unpaired) electrons. The molecule has 0 saturated carbocycles. The third-order valence-corrected chi connectivity index (χ3v) is 4.16. The number of benzene rings is 2. The van der Waals surface area contributed by atoms with Gasteiger partial charge in [0.2, 0.25) is 0 Å². The van der Waals surface area contributed by atoms with E-state index in [1.165, 1.54) is 0 Å². The van der Waals surface area contributed by atoms with Crippen LogP contribution in [0.5, 0.6) is 0 Å². The molecule has 162 valence electrons. The SMILES string of the molecule is OC[C@H](O)[C@H](O)[C@H](O)[C@H](O)[C@H](O)C(/C=N\Nc1ccccc1)=N/Nc1ccccc1. The van der Waals surface area contributed by atoms with E-state index in [0.29, 0.717) is 11.4 Å². The maximum Gasteiger partial charge on any atom is 0.128 e. The Hall–Kier alpha value is -2.86. The summed E-state index contributed by atoms with van der Waals surface area (Å²) in [4.78, 5) is 0. The van der Waals surface area contributed by atoms with Crippen LogP contribution in [0.2, 0.25) is 0 Å². The highest BCUT2D eigenvalue weighted by Crippen LogP contribution is 2.11. The summed E-state index contributed by atoms with van der Waals surface area (Å²) >= 11 is 0. The Morgan fingerprint density at radius 1 is 0.767 bits per heavy atom. The van der Waals surface area contributed by atoms with Gasteiger partial charge in [0, 0.05) is 0 Å². The zero-order chi connectivity index (χ0) is 21.9. The molecule has 0 aliphatic carbocycles. The fourth-order valence-corrected chi connectivity index (χ4v) is 2.40. The molecule has 0 aliphatic rings. The molecule has 30 heavy (non-hydrogen) atoms. The fourth-order valence-electron chi connectivity index (χ4n) is 2.40. The smallest absolute Gasteiger partial charge is 0.128 e. The van der Waals surface area contributed by atoms with Crippen molar-refractivity contribution in [1.29, 1.82) is 0 Å². The second-order valence-electron chi connectivity index (χ2n) is 6.42. The molecule has 0 bridgehead atoms. The number of rotatable bonds is 11. The highest BCUT2D eigenvalue weighted by molar-refractivity contribution is 6.33. The molecule has 10 heteroatoms. The minimum atomic E-state index is -1.96. The molecule has 2 rings (SSSR count). The van der Waals surface area contributed by atoms with Gasteiger partial charge in [-0.05, 0) is 24.3 Å². The summed E-state index contributed by atoms with van der Waals surface area (Å²) in [6.45, 7) is -0.833. The zero-order valence-corrected chi connectivity index (χ0v) is 16.0. The summed E-state index contributed by atoms with van der Waals surface area (Å²) in [6.07, 6.45) is -8.11. The average molecular weight is 418 g/mol. The number of anilines is 2. The Morgan fingerprint density at radius 3 is 1.83 bits per heavy atom. The number of hydrogen-bond acceptors (Lipinski definition) is 10. The van der Waals surface area contributed by atoms with Crippen LogP contribution in [0.25, 0.3) is 0 Å². The van der Waals surface area contributed by atoms with Gasteiger partial charge in [0.25, 0.3) is 0 Å². The summed E-state index contributed by atoms with van der Waals surface area (Å²) in [7, 11) is 0. The topological polar surface area (TPSA) is 170 Å². The van der Waals surface area contributed by atoms with E-state index in [2.05, 4.69) is 21.1 Å². The molecule has 0 saturated heterocycles. The van der Waals surface area contributed by atoms with Gasteiger partial charge >= 0.3 is 0 Å². The number of aliphatic hydroxyl groups is 6. The van der Waals surface area contributed by atoms with Crippen molar-refractivity contribution in [3.8, 4) is 0 Å². The van der Waals surface area contributed by atoms with Crippen LogP contribution in [-0.2, 0) is 0 Å². The Kier molecular flexibility index (Phi) is 9.35. The molecule has 0 spiro atoms. The maximum atomic E-state index is 10.5. The molecule has 8 N–H and O–H groups in total. The van der Waals surface area contributed by atoms with Gasteiger partial charge in [-0.3, -0.25) is 10.9 Å². The van der Waals surface area contributed by atoms with E-state index < -0.39 is 37.1 Å². The van der Waals surface area contributed by atoms with Crippen molar-refractivity contribution in [1.82, 2.24) is 0 Å². The first-order valence-corrected chi connectivity index (χ1v) is 9.18. The van der Waals surface area contributed by atoms with E-state index in [-0.39, 0.29) is 5.71 Å². The van der Waals surface area contributed by atoms with Gasteiger partial charge in [0.15, 0.2) is 0 Å². The Bertz CT molecular complexity index is 805. The van der Waals surface area contributed by atoms with Crippen LogP contribution in [-0.4, -0.2) is 79.7 Å². The molecular weight excluding hydrogens is 392 g/mol. The van der Waals surface area contributed by atoms with Crippen molar-refractivity contribution >= 4 is 23.3 Å². The van der Waals surface area contributed by atoms with E-state index in [0.717, 1.165) is 6.21 Å². The molecule has 2 aromatic carbocycles. The van der Waals surface area contributed by atoms with E-state index >= 15 is 0 Å². The van der Waals surface area contributed by atoms with Crippen molar-refractivity contribution in [3.63, 3.8) is 0 Å². The number of nitrogens with zero attached hydrogens (tertiary/aromatic N) is 2. The first-order chi connectivity index (χ1) is 14.4. The van der Waals surface area contributed by atoms with Crippen molar-refractivity contribution in [2.24, 2.45) is 10.2 Å². The minimum absolute atomic E-state index is 0.167. The first-order valence-electron chi connectivity index (χ1n) is 9.18. The number of nitrogens with one attached hydrogen (secondary N) is 2. The number of hydrogen-bond donors (Lipinski definition) is 8. The van der Waals surface area contributed by atoms with Gasteiger partial charge in [-0.1, -0.05) is 36.4 Å². The summed E-state index contributed by atoms with van der Waals surface area (Å²) in [5.74, 6) is 0.